The molecule has 2 aromatic carbocycles. The molecule has 0 aromatic heterocycles. The monoisotopic (exact) mass is 519 g/mol. The first-order valence-corrected chi connectivity index (χ1v) is 13.6. The quantitative estimate of drug-likeness (QED) is 0.492. The van der Waals surface area contributed by atoms with Crippen LogP contribution >= 0.6 is 0 Å². The third-order valence-corrected chi connectivity index (χ3v) is 9.00. The van der Waals surface area contributed by atoms with Crippen LogP contribution < -0.4 is 10.6 Å². The van der Waals surface area contributed by atoms with Crippen LogP contribution in [0.25, 0.3) is 0 Å². The summed E-state index contributed by atoms with van der Waals surface area (Å²) >= 11 is 0. The predicted molar refractivity (Wildman–Crippen MR) is 144 cm³/mol. The summed E-state index contributed by atoms with van der Waals surface area (Å²) < 4.78 is 6.80. The number of aryl methyl sites for hydroxylation is 2. The van der Waals surface area contributed by atoms with Crippen molar-refractivity contribution in [1.29, 1.82) is 0 Å². The van der Waals surface area contributed by atoms with Gasteiger partial charge in [-0.15, -0.1) is 0 Å². The molecular formula is C30H37N3O5. The Morgan fingerprint density at radius 3 is 2.32 bits per heavy atom. The Hall–Kier alpha value is -3.23. The fraction of sp³-hybridized carbons (Fsp3) is 0.500. The van der Waals surface area contributed by atoms with Crippen molar-refractivity contribution in [3.8, 4) is 0 Å². The van der Waals surface area contributed by atoms with Crippen molar-refractivity contribution < 1.29 is 24.2 Å². The van der Waals surface area contributed by atoms with Gasteiger partial charge in [0, 0.05) is 11.4 Å². The van der Waals surface area contributed by atoms with E-state index in [1.54, 1.807) is 0 Å². The van der Waals surface area contributed by atoms with E-state index < -0.39 is 35.1 Å². The van der Waals surface area contributed by atoms with E-state index in [1.807, 2.05) is 76.2 Å². The van der Waals surface area contributed by atoms with Gasteiger partial charge < -0.3 is 25.4 Å². The second-order valence-corrected chi connectivity index (χ2v) is 10.9. The van der Waals surface area contributed by atoms with Crippen LogP contribution in [0.2, 0.25) is 0 Å². The molecule has 5 rings (SSSR count). The van der Waals surface area contributed by atoms with Gasteiger partial charge in [-0.05, 0) is 62.8 Å². The molecule has 6 atom stereocenters. The molecule has 2 unspecified atom stereocenters. The number of fused-ring (bicyclic) bond motifs is 1. The first-order valence-electron chi connectivity index (χ1n) is 13.6. The number of aliphatic hydroxyl groups excluding tert-OH is 1. The summed E-state index contributed by atoms with van der Waals surface area (Å²) in [6.45, 7) is 7.43. The number of aliphatic hydroxyl groups is 1. The summed E-state index contributed by atoms with van der Waals surface area (Å²) in [5.74, 6) is -2.47. The number of nitrogens with zero attached hydrogens (tertiary/aromatic N) is 1. The maximum absolute atomic E-state index is 14.2. The van der Waals surface area contributed by atoms with Gasteiger partial charge in [0.1, 0.15) is 11.6 Å². The predicted octanol–water partition coefficient (Wildman–Crippen LogP) is 3.81. The van der Waals surface area contributed by atoms with Gasteiger partial charge in [0.2, 0.25) is 17.7 Å². The Morgan fingerprint density at radius 2 is 1.71 bits per heavy atom. The van der Waals surface area contributed by atoms with E-state index in [-0.39, 0.29) is 24.3 Å². The van der Waals surface area contributed by atoms with Crippen LogP contribution in [0, 0.1) is 25.7 Å². The highest BCUT2D eigenvalue weighted by atomic mass is 16.5. The molecule has 0 radical (unpaired) electrons. The van der Waals surface area contributed by atoms with Crippen LogP contribution in [-0.2, 0) is 19.1 Å². The zero-order valence-electron chi connectivity index (χ0n) is 22.5. The third kappa shape index (κ3) is 3.84. The summed E-state index contributed by atoms with van der Waals surface area (Å²) in [4.78, 5) is 43.7. The number of likely N-dealkylation sites (tertiary alicyclic amines) is 1. The molecule has 3 N–H and O–H groups in total. The molecule has 0 aliphatic carbocycles. The summed E-state index contributed by atoms with van der Waals surface area (Å²) in [7, 11) is 0. The molecule has 38 heavy (non-hydrogen) atoms. The highest BCUT2D eigenvalue weighted by Gasteiger charge is 2.79. The molecule has 3 amide bonds. The van der Waals surface area contributed by atoms with Crippen molar-refractivity contribution in [1.82, 2.24) is 4.90 Å². The topological polar surface area (TPSA) is 108 Å². The molecule has 3 heterocycles. The van der Waals surface area contributed by atoms with E-state index in [1.165, 1.54) is 4.90 Å². The number of rotatable bonds is 8. The van der Waals surface area contributed by atoms with E-state index in [2.05, 4.69) is 10.6 Å². The second kappa shape index (κ2) is 9.82. The van der Waals surface area contributed by atoms with Gasteiger partial charge in [0.05, 0.1) is 30.1 Å². The number of anilines is 2. The van der Waals surface area contributed by atoms with Crippen molar-refractivity contribution in [2.45, 2.75) is 76.7 Å². The van der Waals surface area contributed by atoms with Crippen LogP contribution in [0.1, 0.15) is 50.7 Å². The first-order chi connectivity index (χ1) is 18.2. The minimum absolute atomic E-state index is 0.272. The lowest BCUT2D eigenvalue weighted by Gasteiger charge is -2.37. The maximum Gasteiger partial charge on any atom is 0.250 e. The van der Waals surface area contributed by atoms with Crippen LogP contribution in [0.5, 0.6) is 0 Å². The molecule has 3 fully saturated rings. The minimum atomic E-state index is -1.14. The summed E-state index contributed by atoms with van der Waals surface area (Å²) in [6.07, 6.45) is 2.10. The number of benzene rings is 2. The Balaban J connectivity index is 1.57. The van der Waals surface area contributed by atoms with Crippen LogP contribution in [-0.4, -0.2) is 57.6 Å². The van der Waals surface area contributed by atoms with Gasteiger partial charge in [0.25, 0.3) is 0 Å². The van der Waals surface area contributed by atoms with E-state index >= 15 is 0 Å². The number of hydrogen-bond acceptors (Lipinski definition) is 5. The van der Waals surface area contributed by atoms with Crippen LogP contribution in [0.15, 0.2) is 48.5 Å². The smallest absolute Gasteiger partial charge is 0.250 e. The number of ether oxygens (including phenoxy) is 1. The second-order valence-electron chi connectivity index (χ2n) is 10.9. The molecule has 3 aliphatic heterocycles. The molecule has 2 bridgehead atoms. The lowest BCUT2D eigenvalue weighted by atomic mass is 9.65. The van der Waals surface area contributed by atoms with Crippen molar-refractivity contribution >= 4 is 29.1 Å². The summed E-state index contributed by atoms with van der Waals surface area (Å²) in [5.41, 5.74) is 1.21. The number of amides is 3. The molecule has 202 valence electrons. The van der Waals surface area contributed by atoms with Crippen molar-refractivity contribution in [2.75, 3.05) is 17.2 Å². The molecular weight excluding hydrogens is 482 g/mol. The number of hydrogen-bond donors (Lipinski definition) is 3. The number of nitrogens with one attached hydrogen (secondary N) is 2. The average molecular weight is 520 g/mol. The standard InChI is InChI=1S/C30H37N3O5/c1-5-21(17-34)33-25(27(36)32-24-18(3)11-10-12-19(24)4)30-16-15-29(6-2,38-30)22(23(30)28(33)37)26(35)31-20-13-8-7-9-14-20/h7-14,21-23,25,34H,5-6,15-17H2,1-4H3,(H,31,35)(H,32,36)/t21-,22-,23-,25?,29+,30?/m0/s1. The van der Waals surface area contributed by atoms with Gasteiger partial charge in [-0.25, -0.2) is 0 Å². The molecule has 3 aliphatic rings. The zero-order valence-corrected chi connectivity index (χ0v) is 22.5. The Labute approximate surface area is 223 Å². The van der Waals surface area contributed by atoms with Gasteiger partial charge in [-0.1, -0.05) is 50.2 Å². The van der Waals surface area contributed by atoms with E-state index in [9.17, 15) is 19.5 Å². The van der Waals surface area contributed by atoms with E-state index in [0.29, 0.717) is 37.1 Å². The van der Waals surface area contributed by atoms with Crippen molar-refractivity contribution in [3.63, 3.8) is 0 Å². The Bertz CT molecular complexity index is 1230. The number of carbonyl (C=O) groups excluding carboxylic acids is 3. The van der Waals surface area contributed by atoms with Crippen LogP contribution in [0.3, 0.4) is 0 Å². The fourth-order valence-corrected chi connectivity index (χ4v) is 7.11. The van der Waals surface area contributed by atoms with Crippen LogP contribution in [0.4, 0.5) is 11.4 Å². The molecule has 2 aromatic rings. The largest absolute Gasteiger partial charge is 0.394 e. The lowest BCUT2D eigenvalue weighted by Crippen LogP contribution is -2.56. The van der Waals surface area contributed by atoms with Gasteiger partial charge in [0.15, 0.2) is 0 Å². The average Bonchev–Trinajstić information content (AvgIpc) is 3.51. The maximum atomic E-state index is 14.2. The Kier molecular flexibility index (Phi) is 6.82. The number of para-hydroxylation sites is 2. The van der Waals surface area contributed by atoms with Crippen molar-refractivity contribution in [3.05, 3.63) is 59.7 Å². The lowest BCUT2D eigenvalue weighted by molar-refractivity contribution is -0.148. The summed E-state index contributed by atoms with van der Waals surface area (Å²) in [5, 5.41) is 16.3. The highest BCUT2D eigenvalue weighted by molar-refractivity contribution is 6.05. The zero-order chi connectivity index (χ0) is 27.2. The number of carbonyl (C=O) groups is 3. The fourth-order valence-electron chi connectivity index (χ4n) is 7.11. The molecule has 3 saturated heterocycles. The molecule has 8 nitrogen and oxygen atoms in total. The molecule has 0 saturated carbocycles. The van der Waals surface area contributed by atoms with Gasteiger partial charge in [-0.3, -0.25) is 14.4 Å². The molecule has 1 spiro atoms. The van der Waals surface area contributed by atoms with Gasteiger partial charge >= 0.3 is 0 Å². The minimum Gasteiger partial charge on any atom is -0.394 e. The normalized spacial score (nSPS) is 30.3. The van der Waals surface area contributed by atoms with Crippen molar-refractivity contribution in [2.24, 2.45) is 11.8 Å². The Morgan fingerprint density at radius 1 is 1.03 bits per heavy atom. The summed E-state index contributed by atoms with van der Waals surface area (Å²) in [6, 6.07) is 13.4. The van der Waals surface area contributed by atoms with E-state index in [0.717, 1.165) is 11.1 Å². The SMILES string of the molecule is CC[C@@H](CO)N1C(=O)[C@@H]2[C@@H](C(=O)Nc3ccccc3)[C@@]3(CC)CCC2(O3)C1C(=O)Nc1c(C)cccc1C. The third-order valence-electron chi connectivity index (χ3n) is 9.00. The first kappa shape index (κ1) is 26.4. The van der Waals surface area contributed by atoms with E-state index in [4.69, 9.17) is 4.74 Å². The molecule has 8 heteroatoms. The highest BCUT2D eigenvalue weighted by Crippen LogP contribution is 2.64. The van der Waals surface area contributed by atoms with Gasteiger partial charge in [-0.2, -0.15) is 0 Å².